The van der Waals surface area contributed by atoms with E-state index in [1.165, 1.54) is 36.9 Å². The Morgan fingerprint density at radius 1 is 1.10 bits per heavy atom. The summed E-state index contributed by atoms with van der Waals surface area (Å²) < 4.78 is 0. The fraction of sp³-hybridized carbons (Fsp3) is 0.765. The molecule has 2 rings (SSSR count). The average Bonchev–Trinajstić information content (AvgIpc) is 2.47. The maximum atomic E-state index is 4.86. The minimum atomic E-state index is 0.569. The molecule has 1 aliphatic carbocycles. The van der Waals surface area contributed by atoms with E-state index in [1.807, 2.05) is 0 Å². The molecule has 3 nitrogen and oxygen atoms in total. The van der Waals surface area contributed by atoms with E-state index >= 15 is 0 Å². The molecule has 1 fully saturated rings. The zero-order chi connectivity index (χ0) is 14.5. The lowest BCUT2D eigenvalue weighted by Crippen LogP contribution is -2.16. The van der Waals surface area contributed by atoms with Crippen LogP contribution in [0.5, 0.6) is 0 Å². The molecule has 3 heteroatoms. The van der Waals surface area contributed by atoms with Crippen LogP contribution >= 0.6 is 0 Å². The van der Waals surface area contributed by atoms with Gasteiger partial charge < -0.3 is 5.32 Å². The second kappa shape index (κ2) is 7.05. The Labute approximate surface area is 123 Å². The maximum absolute atomic E-state index is 4.86. The highest BCUT2D eigenvalue weighted by Crippen LogP contribution is 2.35. The largest absolute Gasteiger partial charge is 0.370 e. The van der Waals surface area contributed by atoms with Crippen LogP contribution in [0.25, 0.3) is 0 Å². The van der Waals surface area contributed by atoms with E-state index in [1.54, 1.807) is 0 Å². The molecule has 0 radical (unpaired) electrons. The molecule has 1 N–H and O–H groups in total. The van der Waals surface area contributed by atoms with Gasteiger partial charge in [-0.3, -0.25) is 0 Å². The molecule has 112 valence electrons. The van der Waals surface area contributed by atoms with E-state index in [4.69, 9.17) is 9.97 Å². The Morgan fingerprint density at radius 2 is 1.80 bits per heavy atom. The lowest BCUT2D eigenvalue weighted by molar-refractivity contribution is 0.339. The third-order valence-corrected chi connectivity index (χ3v) is 4.52. The Bertz CT molecular complexity index is 434. The SMILES string of the molecule is CCCNc1nc(C2CCC(C)CC2)nc(CC)c1C. The Kier molecular flexibility index (Phi) is 5.38. The number of hydrogen-bond acceptors (Lipinski definition) is 3. The van der Waals surface area contributed by atoms with Crippen LogP contribution in [0.1, 0.15) is 75.9 Å². The van der Waals surface area contributed by atoms with Crippen LogP contribution in [-0.2, 0) is 6.42 Å². The van der Waals surface area contributed by atoms with Crippen molar-refractivity contribution in [1.29, 1.82) is 0 Å². The molecule has 1 saturated carbocycles. The summed E-state index contributed by atoms with van der Waals surface area (Å²) in [5, 5.41) is 3.47. The van der Waals surface area contributed by atoms with Crippen LogP contribution < -0.4 is 5.32 Å². The van der Waals surface area contributed by atoms with Crippen LogP contribution in [-0.4, -0.2) is 16.5 Å². The second-order valence-corrected chi connectivity index (χ2v) is 6.24. The van der Waals surface area contributed by atoms with E-state index in [2.05, 4.69) is 33.0 Å². The van der Waals surface area contributed by atoms with Crippen LogP contribution in [0, 0.1) is 12.8 Å². The lowest BCUT2D eigenvalue weighted by Gasteiger charge is -2.26. The highest BCUT2D eigenvalue weighted by Gasteiger charge is 2.23. The zero-order valence-electron chi connectivity index (χ0n) is 13.5. The average molecular weight is 275 g/mol. The number of nitrogens with zero attached hydrogens (tertiary/aromatic N) is 2. The van der Waals surface area contributed by atoms with Gasteiger partial charge >= 0.3 is 0 Å². The molecular weight excluding hydrogens is 246 g/mol. The summed E-state index contributed by atoms with van der Waals surface area (Å²) in [6, 6.07) is 0. The maximum Gasteiger partial charge on any atom is 0.134 e. The van der Waals surface area contributed by atoms with Crippen molar-refractivity contribution in [1.82, 2.24) is 9.97 Å². The van der Waals surface area contributed by atoms with E-state index < -0.39 is 0 Å². The normalized spacial score (nSPS) is 22.8. The molecule has 1 aromatic rings. The highest BCUT2D eigenvalue weighted by molar-refractivity contribution is 5.46. The highest BCUT2D eigenvalue weighted by atomic mass is 15.0. The molecule has 20 heavy (non-hydrogen) atoms. The summed E-state index contributed by atoms with van der Waals surface area (Å²) in [6.07, 6.45) is 7.26. The van der Waals surface area contributed by atoms with Gasteiger partial charge in [-0.05, 0) is 38.5 Å². The topological polar surface area (TPSA) is 37.8 Å². The van der Waals surface area contributed by atoms with Crippen molar-refractivity contribution in [3.63, 3.8) is 0 Å². The summed E-state index contributed by atoms with van der Waals surface area (Å²) in [5.41, 5.74) is 2.45. The van der Waals surface area contributed by atoms with Crippen molar-refractivity contribution >= 4 is 5.82 Å². The van der Waals surface area contributed by atoms with Gasteiger partial charge in [-0.2, -0.15) is 0 Å². The molecule has 0 saturated heterocycles. The van der Waals surface area contributed by atoms with Crippen molar-refractivity contribution in [3.8, 4) is 0 Å². The number of nitrogens with one attached hydrogen (secondary N) is 1. The molecule has 0 bridgehead atoms. The van der Waals surface area contributed by atoms with Gasteiger partial charge in [0.05, 0.1) is 0 Å². The quantitative estimate of drug-likeness (QED) is 0.862. The van der Waals surface area contributed by atoms with Crippen molar-refractivity contribution in [2.75, 3.05) is 11.9 Å². The molecule has 0 amide bonds. The molecular formula is C17H29N3. The van der Waals surface area contributed by atoms with Gasteiger partial charge in [0.1, 0.15) is 11.6 Å². The van der Waals surface area contributed by atoms with Gasteiger partial charge in [-0.15, -0.1) is 0 Å². The van der Waals surface area contributed by atoms with Crippen molar-refractivity contribution in [2.45, 2.75) is 72.1 Å². The van der Waals surface area contributed by atoms with Crippen LogP contribution in [0.3, 0.4) is 0 Å². The minimum Gasteiger partial charge on any atom is -0.370 e. The summed E-state index contributed by atoms with van der Waals surface area (Å²) in [4.78, 5) is 9.70. The van der Waals surface area contributed by atoms with Crippen molar-refractivity contribution in [3.05, 3.63) is 17.1 Å². The minimum absolute atomic E-state index is 0.569. The molecule has 1 aromatic heterocycles. The first-order valence-electron chi connectivity index (χ1n) is 8.26. The van der Waals surface area contributed by atoms with Crippen molar-refractivity contribution in [2.24, 2.45) is 5.92 Å². The smallest absolute Gasteiger partial charge is 0.134 e. The molecule has 0 atom stereocenters. The summed E-state index contributed by atoms with van der Waals surface area (Å²) in [6.45, 7) is 9.86. The number of aryl methyl sites for hydroxylation is 1. The zero-order valence-corrected chi connectivity index (χ0v) is 13.5. The molecule has 0 aromatic carbocycles. The van der Waals surface area contributed by atoms with E-state index in [0.717, 1.165) is 36.9 Å². The molecule has 1 aliphatic rings. The van der Waals surface area contributed by atoms with Crippen LogP contribution in [0.2, 0.25) is 0 Å². The van der Waals surface area contributed by atoms with Gasteiger partial charge in [0.25, 0.3) is 0 Å². The first-order valence-corrected chi connectivity index (χ1v) is 8.26. The van der Waals surface area contributed by atoms with Gasteiger partial charge in [-0.25, -0.2) is 9.97 Å². The molecule has 0 aliphatic heterocycles. The predicted octanol–water partition coefficient (Wildman–Crippen LogP) is 4.46. The predicted molar refractivity (Wildman–Crippen MR) is 85.3 cm³/mol. The van der Waals surface area contributed by atoms with Gasteiger partial charge in [0, 0.05) is 23.7 Å². The Morgan fingerprint density at radius 3 is 2.40 bits per heavy atom. The number of aromatic nitrogens is 2. The van der Waals surface area contributed by atoms with Crippen LogP contribution in [0.15, 0.2) is 0 Å². The van der Waals surface area contributed by atoms with E-state index in [0.29, 0.717) is 5.92 Å². The molecule has 1 heterocycles. The third kappa shape index (κ3) is 3.50. The van der Waals surface area contributed by atoms with E-state index in [-0.39, 0.29) is 0 Å². The number of hydrogen-bond donors (Lipinski definition) is 1. The monoisotopic (exact) mass is 275 g/mol. The van der Waals surface area contributed by atoms with Gasteiger partial charge in [-0.1, -0.05) is 33.6 Å². The first-order chi connectivity index (χ1) is 9.65. The fourth-order valence-corrected chi connectivity index (χ4v) is 3.04. The number of rotatable bonds is 5. The second-order valence-electron chi connectivity index (χ2n) is 6.24. The first kappa shape index (κ1) is 15.3. The third-order valence-electron chi connectivity index (χ3n) is 4.52. The van der Waals surface area contributed by atoms with Gasteiger partial charge in [0.2, 0.25) is 0 Å². The molecule has 0 spiro atoms. The number of anilines is 1. The summed E-state index contributed by atoms with van der Waals surface area (Å²) in [7, 11) is 0. The van der Waals surface area contributed by atoms with Crippen LogP contribution in [0.4, 0.5) is 5.82 Å². The van der Waals surface area contributed by atoms with Crippen molar-refractivity contribution < 1.29 is 0 Å². The Hall–Kier alpha value is -1.12. The standard InChI is InChI=1S/C17H29N3/c1-5-11-18-16-13(4)15(6-2)19-17(20-16)14-9-7-12(3)8-10-14/h12,14H,5-11H2,1-4H3,(H,18,19,20). The Balaban J connectivity index is 2.23. The summed E-state index contributed by atoms with van der Waals surface area (Å²) >= 11 is 0. The van der Waals surface area contributed by atoms with E-state index in [9.17, 15) is 0 Å². The fourth-order valence-electron chi connectivity index (χ4n) is 3.04. The molecule has 0 unspecified atom stereocenters. The lowest BCUT2D eigenvalue weighted by atomic mass is 9.82. The van der Waals surface area contributed by atoms with Gasteiger partial charge in [0.15, 0.2) is 0 Å². The summed E-state index contributed by atoms with van der Waals surface area (Å²) in [5.74, 6) is 3.59.